The van der Waals surface area contributed by atoms with Crippen LogP contribution in [0.15, 0.2) is 48.5 Å². The van der Waals surface area contributed by atoms with Crippen LogP contribution in [0.25, 0.3) is 0 Å². The van der Waals surface area contributed by atoms with Gasteiger partial charge >= 0.3 is 0 Å². The van der Waals surface area contributed by atoms with E-state index in [2.05, 4.69) is 36.4 Å². The number of aryl methyl sites for hydroxylation is 2. The van der Waals surface area contributed by atoms with E-state index in [1.165, 1.54) is 24.0 Å². The minimum Gasteiger partial charge on any atom is -0.398 e. The topological polar surface area (TPSA) is 26.0 Å². The van der Waals surface area contributed by atoms with E-state index in [1.807, 2.05) is 12.1 Å². The fourth-order valence-electron chi connectivity index (χ4n) is 2.03. The maximum Gasteiger partial charge on any atom is 0.0638 e. The van der Waals surface area contributed by atoms with Crippen LogP contribution < -0.4 is 5.73 Å². The molecule has 0 bridgehead atoms. The Hall–Kier alpha value is -1.47. The minimum atomic E-state index is 0.657. The van der Waals surface area contributed by atoms with Crippen molar-refractivity contribution in [3.63, 3.8) is 0 Å². The Morgan fingerprint density at radius 3 is 2.17 bits per heavy atom. The van der Waals surface area contributed by atoms with Gasteiger partial charge in [0.1, 0.15) is 0 Å². The molecule has 0 fully saturated rings. The molecule has 0 aliphatic carbocycles. The third kappa shape index (κ3) is 3.78. The summed E-state index contributed by atoms with van der Waals surface area (Å²) in [7, 11) is 0. The Morgan fingerprint density at radius 1 is 0.833 bits per heavy atom. The van der Waals surface area contributed by atoms with Crippen molar-refractivity contribution in [2.45, 2.75) is 25.7 Å². The standard InChI is InChI=1S/C16H18ClN/c17-15-12-14(10-11-16(15)18)9-5-4-8-13-6-2-1-3-7-13/h1-3,6-7,10-12H,4-5,8-9,18H2. The average Bonchev–Trinajstić information content (AvgIpc) is 2.40. The summed E-state index contributed by atoms with van der Waals surface area (Å²) in [5.41, 5.74) is 9.02. The largest absolute Gasteiger partial charge is 0.398 e. The van der Waals surface area contributed by atoms with Gasteiger partial charge in [0.15, 0.2) is 0 Å². The van der Waals surface area contributed by atoms with Crippen LogP contribution >= 0.6 is 11.6 Å². The number of hydrogen-bond donors (Lipinski definition) is 1. The molecule has 0 spiro atoms. The van der Waals surface area contributed by atoms with Crippen LogP contribution in [0, 0.1) is 0 Å². The third-order valence-corrected chi connectivity index (χ3v) is 3.42. The van der Waals surface area contributed by atoms with Gasteiger partial charge in [0, 0.05) is 0 Å². The summed E-state index contributed by atoms with van der Waals surface area (Å²) < 4.78 is 0. The molecule has 0 saturated carbocycles. The Kier molecular flexibility index (Phi) is 4.66. The number of hydrogen-bond acceptors (Lipinski definition) is 1. The molecular weight excluding hydrogens is 242 g/mol. The van der Waals surface area contributed by atoms with Gasteiger partial charge in [0.2, 0.25) is 0 Å². The lowest BCUT2D eigenvalue weighted by Crippen LogP contribution is -1.91. The Labute approximate surface area is 114 Å². The summed E-state index contributed by atoms with van der Waals surface area (Å²) in [6.45, 7) is 0. The van der Waals surface area contributed by atoms with E-state index in [9.17, 15) is 0 Å². The maximum atomic E-state index is 6.00. The van der Waals surface area contributed by atoms with Crippen molar-refractivity contribution in [2.75, 3.05) is 5.73 Å². The third-order valence-electron chi connectivity index (χ3n) is 3.09. The highest BCUT2D eigenvalue weighted by molar-refractivity contribution is 6.33. The van der Waals surface area contributed by atoms with Crippen LogP contribution in [0.1, 0.15) is 24.0 Å². The van der Waals surface area contributed by atoms with E-state index in [4.69, 9.17) is 17.3 Å². The zero-order chi connectivity index (χ0) is 12.8. The van der Waals surface area contributed by atoms with Gasteiger partial charge in [-0.25, -0.2) is 0 Å². The lowest BCUT2D eigenvalue weighted by molar-refractivity contribution is 0.734. The van der Waals surface area contributed by atoms with Crippen LogP contribution in [0.2, 0.25) is 5.02 Å². The second-order valence-electron chi connectivity index (χ2n) is 4.55. The van der Waals surface area contributed by atoms with Gasteiger partial charge in [-0.2, -0.15) is 0 Å². The molecule has 18 heavy (non-hydrogen) atoms. The van der Waals surface area contributed by atoms with Crippen molar-refractivity contribution >= 4 is 17.3 Å². The monoisotopic (exact) mass is 259 g/mol. The molecule has 1 nitrogen and oxygen atoms in total. The fourth-order valence-corrected chi connectivity index (χ4v) is 2.23. The van der Waals surface area contributed by atoms with E-state index < -0.39 is 0 Å². The average molecular weight is 260 g/mol. The van der Waals surface area contributed by atoms with E-state index in [0.29, 0.717) is 10.7 Å². The summed E-state index contributed by atoms with van der Waals surface area (Å²) in [6, 6.07) is 16.5. The van der Waals surface area contributed by atoms with Crippen LogP contribution in [0.3, 0.4) is 0 Å². The normalized spacial score (nSPS) is 10.5. The molecule has 2 aromatic rings. The first-order valence-electron chi connectivity index (χ1n) is 6.33. The summed E-state index contributed by atoms with van der Waals surface area (Å²) in [5, 5.41) is 0.663. The van der Waals surface area contributed by atoms with Gasteiger partial charge in [0.25, 0.3) is 0 Å². The van der Waals surface area contributed by atoms with Gasteiger partial charge < -0.3 is 5.73 Å². The first kappa shape index (κ1) is 13.0. The summed E-state index contributed by atoms with van der Waals surface area (Å²) in [6.07, 6.45) is 4.58. The van der Waals surface area contributed by atoms with Gasteiger partial charge in [-0.3, -0.25) is 0 Å². The van der Waals surface area contributed by atoms with Crippen molar-refractivity contribution in [1.29, 1.82) is 0 Å². The molecule has 0 heterocycles. The van der Waals surface area contributed by atoms with Crippen LogP contribution in [0.5, 0.6) is 0 Å². The zero-order valence-electron chi connectivity index (χ0n) is 10.4. The van der Waals surface area contributed by atoms with E-state index in [0.717, 1.165) is 12.8 Å². The molecule has 0 radical (unpaired) electrons. The van der Waals surface area contributed by atoms with Crippen molar-refractivity contribution in [3.8, 4) is 0 Å². The number of unbranched alkanes of at least 4 members (excludes halogenated alkanes) is 1. The highest BCUT2D eigenvalue weighted by Gasteiger charge is 1.99. The lowest BCUT2D eigenvalue weighted by Gasteiger charge is -2.04. The van der Waals surface area contributed by atoms with Crippen molar-refractivity contribution in [2.24, 2.45) is 0 Å². The highest BCUT2D eigenvalue weighted by atomic mass is 35.5. The molecule has 2 rings (SSSR count). The first-order valence-corrected chi connectivity index (χ1v) is 6.71. The molecule has 0 amide bonds. The summed E-state index contributed by atoms with van der Waals surface area (Å²) in [4.78, 5) is 0. The molecule has 0 atom stereocenters. The Morgan fingerprint density at radius 2 is 1.50 bits per heavy atom. The van der Waals surface area contributed by atoms with Gasteiger partial charge in [0.05, 0.1) is 10.7 Å². The summed E-state index contributed by atoms with van der Waals surface area (Å²) in [5.74, 6) is 0. The smallest absolute Gasteiger partial charge is 0.0638 e. The van der Waals surface area contributed by atoms with Crippen molar-refractivity contribution < 1.29 is 0 Å². The molecule has 0 aliphatic heterocycles. The predicted molar refractivity (Wildman–Crippen MR) is 78.9 cm³/mol. The zero-order valence-corrected chi connectivity index (χ0v) is 11.2. The van der Waals surface area contributed by atoms with Crippen LogP contribution in [-0.4, -0.2) is 0 Å². The highest BCUT2D eigenvalue weighted by Crippen LogP contribution is 2.20. The van der Waals surface area contributed by atoms with Crippen molar-refractivity contribution in [3.05, 3.63) is 64.7 Å². The molecule has 0 saturated heterocycles. The minimum absolute atomic E-state index is 0.657. The molecule has 2 heteroatoms. The van der Waals surface area contributed by atoms with Gasteiger partial charge in [-0.1, -0.05) is 48.0 Å². The quantitative estimate of drug-likeness (QED) is 0.621. The van der Waals surface area contributed by atoms with E-state index in [-0.39, 0.29) is 0 Å². The van der Waals surface area contributed by atoms with E-state index in [1.54, 1.807) is 0 Å². The molecule has 0 aromatic heterocycles. The molecule has 0 aliphatic rings. The molecule has 2 aromatic carbocycles. The van der Waals surface area contributed by atoms with Crippen molar-refractivity contribution in [1.82, 2.24) is 0 Å². The second kappa shape index (κ2) is 6.46. The van der Waals surface area contributed by atoms with Crippen LogP contribution in [-0.2, 0) is 12.8 Å². The fraction of sp³-hybridized carbons (Fsp3) is 0.250. The number of halogens is 1. The number of benzene rings is 2. The molecular formula is C16H18ClN. The Balaban J connectivity index is 1.77. The number of anilines is 1. The second-order valence-corrected chi connectivity index (χ2v) is 4.96. The number of rotatable bonds is 5. The number of nitrogen functional groups attached to an aromatic ring is 1. The first-order chi connectivity index (χ1) is 8.75. The number of nitrogens with two attached hydrogens (primary N) is 1. The lowest BCUT2D eigenvalue weighted by atomic mass is 10.0. The summed E-state index contributed by atoms with van der Waals surface area (Å²) >= 11 is 6.00. The molecule has 94 valence electrons. The maximum absolute atomic E-state index is 6.00. The van der Waals surface area contributed by atoms with E-state index >= 15 is 0 Å². The van der Waals surface area contributed by atoms with Gasteiger partial charge in [-0.15, -0.1) is 0 Å². The molecule has 0 unspecified atom stereocenters. The predicted octanol–water partition coefficient (Wildman–Crippen LogP) is 4.49. The SMILES string of the molecule is Nc1ccc(CCCCc2ccccc2)cc1Cl. The van der Waals surface area contributed by atoms with Gasteiger partial charge in [-0.05, 0) is 48.9 Å². The Bertz CT molecular complexity index is 494. The van der Waals surface area contributed by atoms with Crippen LogP contribution in [0.4, 0.5) is 5.69 Å². The molecule has 2 N–H and O–H groups in total.